The fourth-order valence-corrected chi connectivity index (χ4v) is 1.20. The van der Waals surface area contributed by atoms with Gasteiger partial charge < -0.3 is 0 Å². The van der Waals surface area contributed by atoms with Crippen LogP contribution in [0.1, 0.15) is 28.2 Å². The van der Waals surface area contributed by atoms with Crippen molar-refractivity contribution < 1.29 is 13.6 Å². The maximum absolute atomic E-state index is 12.3. The molecule has 0 aliphatic rings. The van der Waals surface area contributed by atoms with Gasteiger partial charge in [0.1, 0.15) is 11.4 Å². The molecule has 1 rings (SSSR count). The van der Waals surface area contributed by atoms with Crippen LogP contribution in [-0.2, 0) is 0 Å². The van der Waals surface area contributed by atoms with Crippen LogP contribution in [0.25, 0.3) is 0 Å². The normalized spacial score (nSPS) is 10.7. The monoisotopic (exact) mass is 239 g/mol. The topological polar surface area (TPSA) is 30.0 Å². The highest BCUT2D eigenvalue weighted by Gasteiger charge is 2.18. The molecule has 0 bridgehead atoms. The van der Waals surface area contributed by atoms with Crippen molar-refractivity contribution in [2.45, 2.75) is 13.3 Å². The molecule has 0 fully saturated rings. The third-order valence-corrected chi connectivity index (χ3v) is 2.26. The SMILES string of the molecule is Cc1cc(C(=O)Cl)nc(C(F)F)c1Cl. The van der Waals surface area contributed by atoms with Crippen molar-refractivity contribution in [1.82, 2.24) is 4.98 Å². The first-order chi connectivity index (χ1) is 6.43. The molecule has 14 heavy (non-hydrogen) atoms. The second kappa shape index (κ2) is 4.19. The largest absolute Gasteiger partial charge is 0.281 e. The number of nitrogens with zero attached hydrogens (tertiary/aromatic N) is 1. The Morgan fingerprint density at radius 3 is 2.57 bits per heavy atom. The zero-order chi connectivity index (χ0) is 10.9. The van der Waals surface area contributed by atoms with E-state index in [1.165, 1.54) is 13.0 Å². The van der Waals surface area contributed by atoms with Gasteiger partial charge in [0.2, 0.25) is 0 Å². The van der Waals surface area contributed by atoms with Crippen LogP contribution in [0.15, 0.2) is 6.07 Å². The van der Waals surface area contributed by atoms with Gasteiger partial charge in [-0.1, -0.05) is 11.6 Å². The van der Waals surface area contributed by atoms with Crippen LogP contribution in [0.5, 0.6) is 0 Å². The van der Waals surface area contributed by atoms with Crippen LogP contribution in [0.3, 0.4) is 0 Å². The van der Waals surface area contributed by atoms with Crippen molar-refractivity contribution in [3.8, 4) is 0 Å². The van der Waals surface area contributed by atoms with Crippen molar-refractivity contribution in [3.05, 3.63) is 28.0 Å². The lowest BCUT2D eigenvalue weighted by Gasteiger charge is -2.06. The van der Waals surface area contributed by atoms with Crippen LogP contribution in [0.4, 0.5) is 8.78 Å². The Kier molecular flexibility index (Phi) is 3.39. The molecular weight excluding hydrogens is 235 g/mol. The van der Waals surface area contributed by atoms with Gasteiger partial charge in [0.05, 0.1) is 5.02 Å². The molecule has 2 nitrogen and oxygen atoms in total. The lowest BCUT2D eigenvalue weighted by Crippen LogP contribution is -2.02. The second-order valence-corrected chi connectivity index (χ2v) is 3.32. The molecule has 0 spiro atoms. The molecule has 0 saturated heterocycles. The summed E-state index contributed by atoms with van der Waals surface area (Å²) in [7, 11) is 0. The Labute approximate surface area is 88.8 Å². The Hall–Kier alpha value is -0.740. The van der Waals surface area contributed by atoms with Gasteiger partial charge >= 0.3 is 0 Å². The van der Waals surface area contributed by atoms with Crippen LogP contribution >= 0.6 is 23.2 Å². The average molecular weight is 240 g/mol. The highest BCUT2D eigenvalue weighted by atomic mass is 35.5. The molecule has 0 N–H and O–H groups in total. The summed E-state index contributed by atoms with van der Waals surface area (Å²) in [6.45, 7) is 1.50. The maximum atomic E-state index is 12.3. The number of hydrogen-bond acceptors (Lipinski definition) is 2. The van der Waals surface area contributed by atoms with E-state index in [-0.39, 0.29) is 10.7 Å². The van der Waals surface area contributed by atoms with E-state index in [2.05, 4.69) is 4.98 Å². The minimum absolute atomic E-state index is 0.137. The van der Waals surface area contributed by atoms with E-state index in [9.17, 15) is 13.6 Å². The lowest BCUT2D eigenvalue weighted by molar-refractivity contribution is 0.107. The van der Waals surface area contributed by atoms with Gasteiger partial charge in [0, 0.05) is 0 Å². The molecule has 0 saturated carbocycles. The molecule has 0 atom stereocenters. The summed E-state index contributed by atoms with van der Waals surface area (Å²) >= 11 is 10.7. The summed E-state index contributed by atoms with van der Waals surface area (Å²) in [6, 6.07) is 1.27. The van der Waals surface area contributed by atoms with Crippen LogP contribution in [0, 0.1) is 6.92 Å². The predicted octanol–water partition coefficient (Wildman–Crippen LogP) is 3.36. The Balaban J connectivity index is 3.35. The third kappa shape index (κ3) is 2.19. The summed E-state index contributed by atoms with van der Waals surface area (Å²) in [5.41, 5.74) is -0.486. The first-order valence-electron chi connectivity index (χ1n) is 3.58. The molecule has 0 radical (unpaired) electrons. The average Bonchev–Trinajstić information content (AvgIpc) is 2.08. The Morgan fingerprint density at radius 1 is 1.57 bits per heavy atom. The van der Waals surface area contributed by atoms with Gasteiger partial charge in [0.25, 0.3) is 11.7 Å². The summed E-state index contributed by atoms with van der Waals surface area (Å²) in [5, 5.41) is -1.02. The minimum atomic E-state index is -2.82. The number of alkyl halides is 2. The van der Waals surface area contributed by atoms with Crippen molar-refractivity contribution in [1.29, 1.82) is 0 Å². The third-order valence-electron chi connectivity index (χ3n) is 1.57. The van der Waals surface area contributed by atoms with Crippen molar-refractivity contribution in [2.75, 3.05) is 0 Å². The van der Waals surface area contributed by atoms with E-state index in [1.54, 1.807) is 0 Å². The quantitative estimate of drug-likeness (QED) is 0.742. The number of pyridine rings is 1. The Bertz CT molecular complexity index is 382. The number of carbonyl (C=O) groups is 1. The fourth-order valence-electron chi connectivity index (χ4n) is 0.927. The summed E-state index contributed by atoms with van der Waals surface area (Å²) in [6.07, 6.45) is -2.82. The highest BCUT2D eigenvalue weighted by Crippen LogP contribution is 2.28. The molecule has 76 valence electrons. The molecule has 1 heterocycles. The number of halogens is 4. The van der Waals surface area contributed by atoms with E-state index in [0.29, 0.717) is 5.56 Å². The Morgan fingerprint density at radius 2 is 2.14 bits per heavy atom. The number of aromatic nitrogens is 1. The van der Waals surface area contributed by atoms with Crippen molar-refractivity contribution >= 4 is 28.4 Å². The molecule has 0 amide bonds. The van der Waals surface area contributed by atoms with Crippen LogP contribution in [0.2, 0.25) is 5.02 Å². The van der Waals surface area contributed by atoms with E-state index < -0.39 is 17.4 Å². The molecule has 1 aromatic heterocycles. The van der Waals surface area contributed by atoms with Gasteiger partial charge in [-0.15, -0.1) is 0 Å². The first kappa shape index (κ1) is 11.3. The van der Waals surface area contributed by atoms with Gasteiger partial charge in [-0.3, -0.25) is 4.79 Å². The molecule has 0 aliphatic heterocycles. The van der Waals surface area contributed by atoms with Crippen LogP contribution < -0.4 is 0 Å². The summed E-state index contributed by atoms with van der Waals surface area (Å²) in [4.78, 5) is 14.1. The number of rotatable bonds is 2. The van der Waals surface area contributed by atoms with Gasteiger partial charge in [-0.2, -0.15) is 0 Å². The summed E-state index contributed by atoms with van der Waals surface area (Å²) in [5.74, 6) is 0. The van der Waals surface area contributed by atoms with E-state index in [1.807, 2.05) is 0 Å². The molecular formula is C8H5Cl2F2NO. The van der Waals surface area contributed by atoms with Gasteiger partial charge in [-0.05, 0) is 30.2 Å². The van der Waals surface area contributed by atoms with Gasteiger partial charge in [0.15, 0.2) is 0 Å². The zero-order valence-electron chi connectivity index (χ0n) is 7.02. The second-order valence-electron chi connectivity index (χ2n) is 2.60. The number of aryl methyl sites for hydroxylation is 1. The minimum Gasteiger partial charge on any atom is -0.274 e. The number of hydrogen-bond donors (Lipinski definition) is 0. The number of carbonyl (C=O) groups excluding carboxylic acids is 1. The molecule has 0 unspecified atom stereocenters. The standard InChI is InChI=1S/C8H5Cl2F2NO/c1-3-2-4(7(10)14)13-6(5(3)9)8(11)12/h2,8H,1H3. The first-order valence-corrected chi connectivity index (χ1v) is 4.34. The summed E-state index contributed by atoms with van der Waals surface area (Å²) < 4.78 is 24.7. The van der Waals surface area contributed by atoms with Crippen molar-refractivity contribution in [2.24, 2.45) is 0 Å². The predicted molar refractivity (Wildman–Crippen MR) is 49.1 cm³/mol. The molecule has 0 aromatic carbocycles. The van der Waals surface area contributed by atoms with E-state index in [0.717, 1.165) is 0 Å². The highest BCUT2D eigenvalue weighted by molar-refractivity contribution is 6.67. The van der Waals surface area contributed by atoms with Crippen LogP contribution in [-0.4, -0.2) is 10.2 Å². The molecule has 0 aliphatic carbocycles. The van der Waals surface area contributed by atoms with E-state index >= 15 is 0 Å². The fraction of sp³-hybridized carbons (Fsp3) is 0.250. The molecule has 6 heteroatoms. The van der Waals surface area contributed by atoms with Crippen molar-refractivity contribution in [3.63, 3.8) is 0 Å². The molecule has 1 aromatic rings. The maximum Gasteiger partial charge on any atom is 0.281 e. The van der Waals surface area contributed by atoms with Gasteiger partial charge in [-0.25, -0.2) is 13.8 Å². The zero-order valence-corrected chi connectivity index (χ0v) is 8.53. The van der Waals surface area contributed by atoms with E-state index in [4.69, 9.17) is 23.2 Å². The lowest BCUT2D eigenvalue weighted by atomic mass is 10.2. The smallest absolute Gasteiger partial charge is 0.274 e.